The van der Waals surface area contributed by atoms with Crippen molar-refractivity contribution in [2.45, 2.75) is 71.1 Å². The number of aliphatic hydroxyl groups excluding tert-OH is 1. The number of hydrogen-bond donors (Lipinski definition) is 3. The SMILES string of the molecule is CCCCCCCCCCCC(=O)NNC(=O)C1=C(O)C2C=C(Cl)C=CC2=NC1=O. The second kappa shape index (κ2) is 12.3. The third kappa shape index (κ3) is 7.13. The average Bonchev–Trinajstić information content (AvgIpc) is 2.71. The van der Waals surface area contributed by atoms with Crippen LogP contribution in [0.2, 0.25) is 0 Å². The van der Waals surface area contributed by atoms with Crippen LogP contribution >= 0.6 is 11.6 Å². The summed E-state index contributed by atoms with van der Waals surface area (Å²) < 4.78 is 0. The Morgan fingerprint density at radius 2 is 1.67 bits per heavy atom. The van der Waals surface area contributed by atoms with Gasteiger partial charge in [-0.3, -0.25) is 25.2 Å². The number of dihydropyridines is 1. The number of carbonyl (C=O) groups excluding carboxylic acids is 3. The highest BCUT2D eigenvalue weighted by Crippen LogP contribution is 2.28. The van der Waals surface area contributed by atoms with Crippen LogP contribution in [0.15, 0.2) is 39.6 Å². The molecule has 0 radical (unpaired) electrons. The maximum absolute atomic E-state index is 12.3. The van der Waals surface area contributed by atoms with Gasteiger partial charge < -0.3 is 5.11 Å². The van der Waals surface area contributed by atoms with Crippen LogP contribution in [-0.2, 0) is 14.4 Å². The molecule has 2 rings (SSSR count). The maximum atomic E-state index is 12.3. The first kappa shape index (κ1) is 23.9. The van der Waals surface area contributed by atoms with Crippen molar-refractivity contribution in [1.29, 1.82) is 0 Å². The molecule has 1 aliphatic heterocycles. The van der Waals surface area contributed by atoms with E-state index in [4.69, 9.17) is 11.6 Å². The number of fused-ring (bicyclic) bond motifs is 1. The molecule has 164 valence electrons. The van der Waals surface area contributed by atoms with Crippen LogP contribution in [0.25, 0.3) is 0 Å². The normalized spacial score (nSPS) is 17.9. The molecule has 1 atom stereocenters. The van der Waals surface area contributed by atoms with Crippen LogP contribution in [0.4, 0.5) is 0 Å². The molecule has 0 saturated heterocycles. The summed E-state index contributed by atoms with van der Waals surface area (Å²) in [6.45, 7) is 2.20. The number of hydrogen-bond acceptors (Lipinski definition) is 4. The molecule has 1 aliphatic carbocycles. The molecule has 0 spiro atoms. The minimum Gasteiger partial charge on any atom is -0.510 e. The maximum Gasteiger partial charge on any atom is 0.286 e. The van der Waals surface area contributed by atoms with Crippen LogP contribution < -0.4 is 10.9 Å². The van der Waals surface area contributed by atoms with Crippen LogP contribution in [0, 0.1) is 5.92 Å². The van der Waals surface area contributed by atoms with Gasteiger partial charge in [0.1, 0.15) is 11.3 Å². The Bertz CT molecular complexity index is 783. The fraction of sp³-hybridized carbons (Fsp3) is 0.545. The van der Waals surface area contributed by atoms with Gasteiger partial charge in [0.2, 0.25) is 5.91 Å². The molecule has 7 nitrogen and oxygen atoms in total. The lowest BCUT2D eigenvalue weighted by Gasteiger charge is -2.22. The van der Waals surface area contributed by atoms with E-state index >= 15 is 0 Å². The first-order chi connectivity index (χ1) is 14.4. The van der Waals surface area contributed by atoms with E-state index < -0.39 is 29.1 Å². The number of carbonyl (C=O) groups is 3. The molecule has 3 amide bonds. The van der Waals surface area contributed by atoms with E-state index in [0.29, 0.717) is 10.7 Å². The highest BCUT2D eigenvalue weighted by molar-refractivity contribution is 6.33. The first-order valence-electron chi connectivity index (χ1n) is 10.6. The van der Waals surface area contributed by atoms with Crippen molar-refractivity contribution in [3.05, 3.63) is 34.6 Å². The Morgan fingerprint density at radius 3 is 2.33 bits per heavy atom. The van der Waals surface area contributed by atoms with Gasteiger partial charge in [0.15, 0.2) is 0 Å². The lowest BCUT2D eigenvalue weighted by Crippen LogP contribution is -2.44. The number of aliphatic imine (C=N–C) groups is 1. The van der Waals surface area contributed by atoms with E-state index in [1.807, 2.05) is 0 Å². The molecule has 2 aliphatic rings. The van der Waals surface area contributed by atoms with E-state index in [1.54, 1.807) is 6.08 Å². The number of amides is 3. The van der Waals surface area contributed by atoms with Crippen molar-refractivity contribution >= 4 is 35.0 Å². The molecule has 1 heterocycles. The molecular formula is C22H30ClN3O4. The Morgan fingerprint density at radius 1 is 1.03 bits per heavy atom. The highest BCUT2D eigenvalue weighted by atomic mass is 35.5. The second-order valence-electron chi connectivity index (χ2n) is 7.55. The molecule has 0 bridgehead atoms. The monoisotopic (exact) mass is 435 g/mol. The molecule has 0 aromatic heterocycles. The van der Waals surface area contributed by atoms with Gasteiger partial charge >= 0.3 is 0 Å². The Balaban J connectivity index is 1.70. The number of nitrogens with zero attached hydrogens (tertiary/aromatic N) is 1. The molecule has 30 heavy (non-hydrogen) atoms. The standard InChI is InChI=1S/C22H30ClN3O4/c1-2-3-4-5-6-7-8-9-10-11-18(27)25-26-22(30)19-20(28)16-14-15(23)12-13-17(16)24-21(19)29/h12-14,16,28H,2-11H2,1H3,(H,25,27)(H,26,30). The Kier molecular flexibility index (Phi) is 9.80. The molecule has 1 unspecified atom stereocenters. The van der Waals surface area contributed by atoms with Gasteiger partial charge in [-0.25, -0.2) is 4.99 Å². The largest absolute Gasteiger partial charge is 0.510 e. The lowest BCUT2D eigenvalue weighted by molar-refractivity contribution is -0.129. The number of unbranched alkanes of at least 4 members (excludes halogenated alkanes) is 8. The topological polar surface area (TPSA) is 108 Å². The van der Waals surface area contributed by atoms with E-state index in [2.05, 4.69) is 22.8 Å². The molecule has 0 fully saturated rings. The van der Waals surface area contributed by atoms with Crippen LogP contribution in [0.5, 0.6) is 0 Å². The van der Waals surface area contributed by atoms with Crippen molar-refractivity contribution < 1.29 is 19.5 Å². The number of rotatable bonds is 11. The van der Waals surface area contributed by atoms with E-state index in [9.17, 15) is 19.5 Å². The van der Waals surface area contributed by atoms with Gasteiger partial charge in [-0.2, -0.15) is 0 Å². The van der Waals surface area contributed by atoms with E-state index in [0.717, 1.165) is 19.3 Å². The summed E-state index contributed by atoms with van der Waals surface area (Å²) in [5, 5.41) is 10.7. The fourth-order valence-electron chi connectivity index (χ4n) is 3.39. The fourth-order valence-corrected chi connectivity index (χ4v) is 3.58. The van der Waals surface area contributed by atoms with Crippen molar-refractivity contribution in [2.24, 2.45) is 10.9 Å². The summed E-state index contributed by atoms with van der Waals surface area (Å²) in [5.41, 5.74) is 4.29. The van der Waals surface area contributed by atoms with Crippen LogP contribution in [0.3, 0.4) is 0 Å². The zero-order valence-electron chi connectivity index (χ0n) is 17.4. The van der Waals surface area contributed by atoms with Gasteiger partial charge in [-0.1, -0.05) is 69.9 Å². The number of nitrogens with one attached hydrogen (secondary N) is 2. The minimum absolute atomic E-state index is 0.281. The number of halogens is 1. The van der Waals surface area contributed by atoms with Crippen molar-refractivity contribution in [2.75, 3.05) is 0 Å². The molecule has 8 heteroatoms. The summed E-state index contributed by atoms with van der Waals surface area (Å²) in [7, 11) is 0. The van der Waals surface area contributed by atoms with E-state index in [-0.39, 0.29) is 12.3 Å². The zero-order chi connectivity index (χ0) is 21.9. The van der Waals surface area contributed by atoms with Gasteiger partial charge in [0.05, 0.1) is 11.6 Å². The summed E-state index contributed by atoms with van der Waals surface area (Å²) in [6, 6.07) is 0. The molecular weight excluding hydrogens is 406 g/mol. The van der Waals surface area contributed by atoms with Crippen molar-refractivity contribution in [1.82, 2.24) is 10.9 Å². The summed E-state index contributed by atoms with van der Waals surface area (Å²) in [4.78, 5) is 40.1. The second-order valence-corrected chi connectivity index (χ2v) is 7.98. The van der Waals surface area contributed by atoms with Crippen LogP contribution in [-0.4, -0.2) is 28.5 Å². The predicted molar refractivity (Wildman–Crippen MR) is 117 cm³/mol. The molecule has 0 saturated carbocycles. The van der Waals surface area contributed by atoms with Gasteiger partial charge in [-0.05, 0) is 24.6 Å². The lowest BCUT2D eigenvalue weighted by atomic mass is 9.90. The Labute approximate surface area is 182 Å². The zero-order valence-corrected chi connectivity index (χ0v) is 18.1. The Hall–Kier alpha value is -2.41. The highest BCUT2D eigenvalue weighted by Gasteiger charge is 2.34. The summed E-state index contributed by atoms with van der Waals surface area (Å²) in [6.07, 6.45) is 15.1. The third-order valence-corrected chi connectivity index (χ3v) is 5.35. The number of aliphatic hydroxyl groups is 1. The molecule has 0 aromatic rings. The smallest absolute Gasteiger partial charge is 0.286 e. The van der Waals surface area contributed by atoms with Crippen LogP contribution in [0.1, 0.15) is 71.1 Å². The number of allylic oxidation sites excluding steroid dienone is 4. The third-order valence-electron chi connectivity index (χ3n) is 5.10. The quantitative estimate of drug-likeness (QED) is 0.257. The summed E-state index contributed by atoms with van der Waals surface area (Å²) in [5.74, 6) is -3.29. The van der Waals surface area contributed by atoms with Crippen molar-refractivity contribution in [3.63, 3.8) is 0 Å². The van der Waals surface area contributed by atoms with Crippen molar-refractivity contribution in [3.8, 4) is 0 Å². The van der Waals surface area contributed by atoms with Gasteiger partial charge in [0.25, 0.3) is 11.8 Å². The minimum atomic E-state index is -0.903. The predicted octanol–water partition coefficient (Wildman–Crippen LogP) is 4.16. The molecule has 3 N–H and O–H groups in total. The van der Waals surface area contributed by atoms with Gasteiger partial charge in [-0.15, -0.1) is 0 Å². The summed E-state index contributed by atoms with van der Waals surface area (Å²) >= 11 is 5.92. The molecule has 0 aromatic carbocycles. The van der Waals surface area contributed by atoms with Gasteiger partial charge in [0, 0.05) is 11.5 Å². The number of hydrazine groups is 1. The van der Waals surface area contributed by atoms with E-state index in [1.165, 1.54) is 50.7 Å². The average molecular weight is 436 g/mol. The first-order valence-corrected chi connectivity index (χ1v) is 11.0.